The number of nitrogens with one attached hydrogen (secondary N) is 1. The summed E-state index contributed by atoms with van der Waals surface area (Å²) in [4.78, 5) is 31.6. The average Bonchev–Trinajstić information content (AvgIpc) is 3.31. The molecule has 3 rings (SSSR count). The van der Waals surface area contributed by atoms with Crippen molar-refractivity contribution in [2.24, 2.45) is 4.99 Å². The van der Waals surface area contributed by atoms with Crippen LogP contribution in [0.2, 0.25) is 0 Å². The molecule has 40 heavy (non-hydrogen) atoms. The van der Waals surface area contributed by atoms with E-state index >= 15 is 0 Å². The molecule has 0 unspecified atom stereocenters. The molecule has 1 amide bonds. The van der Waals surface area contributed by atoms with E-state index in [1.54, 1.807) is 40.0 Å². The van der Waals surface area contributed by atoms with Gasteiger partial charge in [-0.25, -0.2) is 4.99 Å². The van der Waals surface area contributed by atoms with Gasteiger partial charge in [0.25, 0.3) is 5.91 Å². The summed E-state index contributed by atoms with van der Waals surface area (Å²) in [5.74, 6) is 0.194. The van der Waals surface area contributed by atoms with E-state index in [0.717, 1.165) is 10.0 Å². The van der Waals surface area contributed by atoms with E-state index in [-0.39, 0.29) is 25.4 Å². The third kappa shape index (κ3) is 8.78. The van der Waals surface area contributed by atoms with E-state index in [4.69, 9.17) is 29.0 Å². The molecule has 0 fully saturated rings. The molecule has 0 bridgehead atoms. The van der Waals surface area contributed by atoms with E-state index in [2.05, 4.69) is 21.2 Å². The first-order chi connectivity index (χ1) is 19.1. The molecule has 10 heteroatoms. The lowest BCUT2D eigenvalue weighted by atomic mass is 9.83. The minimum Gasteiger partial charge on any atom is -0.494 e. The molecule has 0 spiro atoms. The largest absolute Gasteiger partial charge is 0.494 e. The number of hydrogen-bond acceptors (Lipinski definition) is 8. The van der Waals surface area contributed by atoms with Crippen molar-refractivity contribution in [3.05, 3.63) is 64.1 Å². The maximum atomic E-state index is 13.9. The number of ether oxygens (including phenoxy) is 4. The number of hydrogen-bond donors (Lipinski definition) is 2. The summed E-state index contributed by atoms with van der Waals surface area (Å²) in [6, 6.07) is 14.7. The minimum atomic E-state index is -1.41. The zero-order chi connectivity index (χ0) is 29.2. The molecule has 2 aromatic carbocycles. The van der Waals surface area contributed by atoms with E-state index in [1.807, 2.05) is 36.4 Å². The van der Waals surface area contributed by atoms with Crippen molar-refractivity contribution in [2.45, 2.75) is 63.7 Å². The van der Waals surface area contributed by atoms with Crippen molar-refractivity contribution in [1.82, 2.24) is 5.32 Å². The second-order valence-electron chi connectivity index (χ2n) is 10.5. The predicted octanol–water partition coefficient (Wildman–Crippen LogP) is 4.74. The molecule has 2 N–H and O–H groups in total. The molecule has 9 nitrogen and oxygen atoms in total. The van der Waals surface area contributed by atoms with Crippen molar-refractivity contribution >= 4 is 33.7 Å². The zero-order valence-electron chi connectivity index (χ0n) is 23.6. The first kappa shape index (κ1) is 31.6. The monoisotopic (exact) mass is 618 g/mol. The summed E-state index contributed by atoms with van der Waals surface area (Å²) in [6.45, 7) is 6.76. The van der Waals surface area contributed by atoms with E-state index in [0.29, 0.717) is 49.8 Å². The molecule has 0 radical (unpaired) electrons. The number of esters is 1. The molecule has 1 aliphatic heterocycles. The minimum absolute atomic E-state index is 0.0203. The normalized spacial score (nSPS) is 18.6. The Labute approximate surface area is 244 Å². The van der Waals surface area contributed by atoms with Crippen LogP contribution in [0.1, 0.15) is 63.7 Å². The highest BCUT2D eigenvalue weighted by Gasteiger charge is 2.53. The van der Waals surface area contributed by atoms with Gasteiger partial charge in [-0.2, -0.15) is 0 Å². The van der Waals surface area contributed by atoms with Gasteiger partial charge in [-0.1, -0.05) is 28.1 Å². The highest BCUT2D eigenvalue weighted by Crippen LogP contribution is 2.43. The SMILES string of the molecule is COCCCNC(=O)[C@]1(CCC(=O)OC(C)(C)C)N=C(c2ccc(OCCCO)cc2)O[C@@H]1c1ccc(Br)cc1. The van der Waals surface area contributed by atoms with Crippen LogP contribution in [0.3, 0.4) is 0 Å². The molecular weight excluding hydrogens is 580 g/mol. The van der Waals surface area contributed by atoms with Crippen LogP contribution in [0.15, 0.2) is 58.0 Å². The Morgan fingerprint density at radius 1 is 1.07 bits per heavy atom. The van der Waals surface area contributed by atoms with Gasteiger partial charge in [0.05, 0.1) is 6.61 Å². The van der Waals surface area contributed by atoms with E-state index in [1.165, 1.54) is 0 Å². The number of carbonyl (C=O) groups excluding carboxylic acids is 2. The molecule has 2 aromatic rings. The predicted molar refractivity (Wildman–Crippen MR) is 155 cm³/mol. The Kier molecular flexibility index (Phi) is 11.5. The lowest BCUT2D eigenvalue weighted by Gasteiger charge is -2.31. The van der Waals surface area contributed by atoms with Crippen molar-refractivity contribution < 1.29 is 33.6 Å². The second-order valence-corrected chi connectivity index (χ2v) is 11.4. The third-order valence-electron chi connectivity index (χ3n) is 6.14. The maximum absolute atomic E-state index is 13.9. The summed E-state index contributed by atoms with van der Waals surface area (Å²) >= 11 is 3.47. The van der Waals surface area contributed by atoms with Crippen molar-refractivity contribution in [3.8, 4) is 5.75 Å². The summed E-state index contributed by atoms with van der Waals surface area (Å²) in [5, 5.41) is 12.0. The lowest BCUT2D eigenvalue weighted by Crippen LogP contribution is -2.49. The quantitative estimate of drug-likeness (QED) is 0.232. The molecule has 1 heterocycles. The summed E-state index contributed by atoms with van der Waals surface area (Å²) in [7, 11) is 1.61. The molecular formula is C30H39BrN2O7. The van der Waals surface area contributed by atoms with Crippen LogP contribution in [0.25, 0.3) is 0 Å². The van der Waals surface area contributed by atoms with E-state index in [9.17, 15) is 9.59 Å². The summed E-state index contributed by atoms with van der Waals surface area (Å²) in [5.41, 5.74) is -0.645. The Balaban J connectivity index is 1.99. The number of methoxy groups -OCH3 is 1. The van der Waals surface area contributed by atoms with Gasteiger partial charge in [0.1, 0.15) is 11.4 Å². The number of amides is 1. The van der Waals surface area contributed by atoms with Gasteiger partial charge < -0.3 is 29.4 Å². The summed E-state index contributed by atoms with van der Waals surface area (Å²) in [6.07, 6.45) is 0.452. The third-order valence-corrected chi connectivity index (χ3v) is 6.67. The van der Waals surface area contributed by atoms with Gasteiger partial charge in [0.2, 0.25) is 5.90 Å². The number of aliphatic hydroxyl groups is 1. The van der Waals surface area contributed by atoms with E-state index < -0.39 is 23.2 Å². The fraction of sp³-hybridized carbons (Fsp3) is 0.500. The average molecular weight is 620 g/mol. The molecule has 218 valence electrons. The van der Waals surface area contributed by atoms with Gasteiger partial charge in [0, 0.05) is 49.7 Å². The van der Waals surface area contributed by atoms with Gasteiger partial charge in [-0.15, -0.1) is 0 Å². The summed E-state index contributed by atoms with van der Waals surface area (Å²) < 4.78 is 23.6. The number of nitrogens with zero attached hydrogens (tertiary/aromatic N) is 1. The molecule has 0 saturated carbocycles. The number of aliphatic imine (C=N–C) groups is 1. The highest BCUT2D eigenvalue weighted by atomic mass is 79.9. The maximum Gasteiger partial charge on any atom is 0.306 e. The van der Waals surface area contributed by atoms with Gasteiger partial charge in [0.15, 0.2) is 11.6 Å². The van der Waals surface area contributed by atoms with Crippen LogP contribution >= 0.6 is 15.9 Å². The topological polar surface area (TPSA) is 116 Å². The fourth-order valence-corrected chi connectivity index (χ4v) is 4.53. The fourth-order valence-electron chi connectivity index (χ4n) is 4.26. The van der Waals surface area contributed by atoms with Crippen LogP contribution in [0.5, 0.6) is 5.75 Å². The van der Waals surface area contributed by atoms with Crippen molar-refractivity contribution in [2.75, 3.05) is 33.5 Å². The van der Waals surface area contributed by atoms with Gasteiger partial charge >= 0.3 is 5.97 Å². The van der Waals surface area contributed by atoms with Crippen molar-refractivity contribution in [3.63, 3.8) is 0 Å². The Hall–Kier alpha value is -2.95. The smallest absolute Gasteiger partial charge is 0.306 e. The Morgan fingerprint density at radius 3 is 2.40 bits per heavy atom. The molecule has 0 aromatic heterocycles. The second kappa shape index (κ2) is 14.6. The number of rotatable bonds is 14. The van der Waals surface area contributed by atoms with Crippen LogP contribution in [0, 0.1) is 0 Å². The highest BCUT2D eigenvalue weighted by molar-refractivity contribution is 9.10. The number of benzene rings is 2. The van der Waals surface area contributed by atoms with Crippen LogP contribution < -0.4 is 10.1 Å². The number of halogens is 1. The zero-order valence-corrected chi connectivity index (χ0v) is 25.2. The van der Waals surface area contributed by atoms with Crippen LogP contribution in [-0.2, 0) is 23.8 Å². The van der Waals surface area contributed by atoms with Crippen LogP contribution in [0.4, 0.5) is 0 Å². The van der Waals surface area contributed by atoms with Gasteiger partial charge in [-0.3, -0.25) is 9.59 Å². The lowest BCUT2D eigenvalue weighted by molar-refractivity contribution is -0.155. The Bertz CT molecular complexity index is 1150. The first-order valence-corrected chi connectivity index (χ1v) is 14.2. The number of aliphatic hydroxyl groups excluding tert-OH is 1. The Morgan fingerprint density at radius 2 is 1.77 bits per heavy atom. The first-order valence-electron chi connectivity index (χ1n) is 13.4. The van der Waals surface area contributed by atoms with Crippen molar-refractivity contribution in [1.29, 1.82) is 0 Å². The molecule has 1 aliphatic rings. The van der Waals surface area contributed by atoms with Crippen LogP contribution in [-0.4, -0.2) is 67.5 Å². The van der Waals surface area contributed by atoms with Gasteiger partial charge in [-0.05, 0) is 75.6 Å². The molecule has 0 saturated heterocycles. The standard InChI is InChI=1S/C30H39BrN2O7/c1-29(2,3)40-25(35)15-16-30(28(36)32-17-5-19-37-4)26(21-7-11-23(31)12-8-21)39-27(33-30)22-9-13-24(14-10-22)38-20-6-18-34/h7-14,26,34H,5-6,15-20H2,1-4H3,(H,32,36)/t26-,30-/m1/s1. The molecule has 2 atom stereocenters. The number of carbonyl (C=O) groups is 2. The molecule has 0 aliphatic carbocycles.